The van der Waals surface area contributed by atoms with E-state index in [0.717, 1.165) is 0 Å². The van der Waals surface area contributed by atoms with Crippen molar-refractivity contribution in [3.8, 4) is 0 Å². The van der Waals surface area contributed by atoms with Crippen LogP contribution in [0.1, 0.15) is 0 Å². The largest absolute Gasteiger partial charge is 1.00 e. The summed E-state index contributed by atoms with van der Waals surface area (Å²) in [4.78, 5) is 0. The van der Waals surface area contributed by atoms with E-state index in [4.69, 9.17) is 0 Å². The summed E-state index contributed by atoms with van der Waals surface area (Å²) >= 11 is 0. The summed E-state index contributed by atoms with van der Waals surface area (Å²) in [6.07, 6.45) is 0. The van der Waals surface area contributed by atoms with Crippen LogP contribution in [0.2, 0.25) is 0 Å². The Kier molecular flexibility index (Phi) is 8.56. The third-order valence-corrected chi connectivity index (χ3v) is 0.485. The summed E-state index contributed by atoms with van der Waals surface area (Å²) < 4.78 is 4.54. The van der Waals surface area contributed by atoms with Gasteiger partial charge in [0.15, 0.2) is 0 Å². The normalized spacial score (nSPS) is 6.00. The van der Waals surface area contributed by atoms with Crippen LogP contribution in [0.5, 0.6) is 0 Å². The van der Waals surface area contributed by atoms with Gasteiger partial charge in [-0.1, -0.05) is 6.58 Å². The molecule has 0 unspecified atom stereocenters. The molecule has 2 nitrogen and oxygen atoms in total. The van der Waals surface area contributed by atoms with Gasteiger partial charge in [-0.15, -0.1) is 7.05 Å². The molecule has 0 saturated heterocycles. The standard InChI is InChI=1S/C4H8NO.Ru/c1-4(5-2)6-3;/h1H2,2-3H3;/q-1;+1. The Bertz CT molecular complexity index is 49.7. The molecule has 0 N–H and O–H groups in total. The number of methoxy groups -OCH3 is 1. The topological polar surface area (TPSA) is 23.3 Å². The van der Waals surface area contributed by atoms with Crippen LogP contribution in [0, 0.1) is 0 Å². The monoisotopic (exact) mass is 188 g/mol. The molecular weight excluding hydrogens is 179 g/mol. The molecule has 0 atom stereocenters. The maximum Gasteiger partial charge on any atom is 1.00 e. The molecule has 0 amide bonds. The summed E-state index contributed by atoms with van der Waals surface area (Å²) in [7, 11) is 3.17. The van der Waals surface area contributed by atoms with Crippen molar-refractivity contribution < 1.29 is 24.2 Å². The molecule has 0 saturated carbocycles. The Hall–Kier alpha value is -0.0366. The number of hydrogen-bond donors (Lipinski definition) is 0. The first-order valence-electron chi connectivity index (χ1n) is 1.64. The fourth-order valence-corrected chi connectivity index (χ4v) is 0.0913. The smallest absolute Gasteiger partial charge is 0.657 e. The van der Waals surface area contributed by atoms with Crippen LogP contribution in [-0.4, -0.2) is 14.2 Å². The Morgan fingerprint density at radius 3 is 2.14 bits per heavy atom. The van der Waals surface area contributed by atoms with Crippen LogP contribution < -0.4 is 0 Å². The minimum absolute atomic E-state index is 0. The zero-order valence-electron chi connectivity index (χ0n) is 4.42. The van der Waals surface area contributed by atoms with Crippen molar-refractivity contribution in [3.63, 3.8) is 0 Å². The summed E-state index contributed by atoms with van der Waals surface area (Å²) in [6, 6.07) is 0. The molecule has 1 radical (unpaired) electrons. The minimum atomic E-state index is 0. The number of ether oxygens (including phenoxy) is 1. The van der Waals surface area contributed by atoms with Crippen molar-refractivity contribution in [2.45, 2.75) is 0 Å². The van der Waals surface area contributed by atoms with Gasteiger partial charge in [0.05, 0.1) is 7.11 Å². The van der Waals surface area contributed by atoms with Gasteiger partial charge in [-0.25, -0.2) is 0 Å². The Morgan fingerprint density at radius 2 is 2.14 bits per heavy atom. The summed E-state index contributed by atoms with van der Waals surface area (Å²) in [5, 5.41) is 3.59. The molecule has 0 aliphatic heterocycles. The van der Waals surface area contributed by atoms with Crippen molar-refractivity contribution >= 4 is 0 Å². The summed E-state index contributed by atoms with van der Waals surface area (Å²) in [6.45, 7) is 3.40. The molecular formula is C4H8NORu. The van der Waals surface area contributed by atoms with Crippen LogP contribution in [0.25, 0.3) is 5.32 Å². The molecule has 0 aromatic rings. The summed E-state index contributed by atoms with van der Waals surface area (Å²) in [5.41, 5.74) is 0. The Balaban J connectivity index is 0. The predicted octanol–water partition coefficient (Wildman–Crippen LogP) is 1.10. The van der Waals surface area contributed by atoms with Gasteiger partial charge in [0.2, 0.25) is 0 Å². The van der Waals surface area contributed by atoms with Gasteiger partial charge in [-0.2, -0.15) is 0 Å². The second kappa shape index (κ2) is 5.96. The molecule has 0 aliphatic rings. The average molecular weight is 187 g/mol. The van der Waals surface area contributed by atoms with Crippen molar-refractivity contribution in [1.29, 1.82) is 0 Å². The molecule has 7 heavy (non-hydrogen) atoms. The molecule has 0 aliphatic carbocycles. The predicted molar refractivity (Wildman–Crippen MR) is 25.4 cm³/mol. The van der Waals surface area contributed by atoms with Gasteiger partial charge in [0, 0.05) is 5.88 Å². The van der Waals surface area contributed by atoms with Gasteiger partial charge in [-0.3, -0.25) is 0 Å². The van der Waals surface area contributed by atoms with E-state index in [0.29, 0.717) is 5.88 Å². The quantitative estimate of drug-likeness (QED) is 0.469. The second-order valence-electron chi connectivity index (χ2n) is 0.821. The zero-order valence-corrected chi connectivity index (χ0v) is 6.15. The van der Waals surface area contributed by atoms with E-state index in [1.807, 2.05) is 0 Å². The minimum Gasteiger partial charge on any atom is -0.657 e. The van der Waals surface area contributed by atoms with Crippen LogP contribution >= 0.6 is 0 Å². The first-order valence-corrected chi connectivity index (χ1v) is 1.64. The first-order chi connectivity index (χ1) is 2.81. The van der Waals surface area contributed by atoms with E-state index >= 15 is 0 Å². The third kappa shape index (κ3) is 5.96. The van der Waals surface area contributed by atoms with E-state index in [1.165, 1.54) is 7.11 Å². The molecule has 43 valence electrons. The van der Waals surface area contributed by atoms with Crippen LogP contribution in [0.15, 0.2) is 12.5 Å². The van der Waals surface area contributed by atoms with Crippen molar-refractivity contribution in [3.05, 3.63) is 17.8 Å². The molecule has 0 heterocycles. The average Bonchev–Trinajstić information content (AvgIpc) is 1.65. The van der Waals surface area contributed by atoms with Gasteiger partial charge in [-0.05, 0) is 0 Å². The van der Waals surface area contributed by atoms with E-state index in [2.05, 4.69) is 16.6 Å². The fraction of sp³-hybridized carbons (Fsp3) is 0.500. The maximum absolute atomic E-state index is 4.54. The molecule has 3 heteroatoms. The molecule has 0 spiro atoms. The molecule has 0 fully saturated rings. The van der Waals surface area contributed by atoms with Gasteiger partial charge in [0.1, 0.15) is 0 Å². The van der Waals surface area contributed by atoms with E-state index in [1.54, 1.807) is 7.05 Å². The molecule has 0 rings (SSSR count). The summed E-state index contributed by atoms with van der Waals surface area (Å²) in [5.74, 6) is 0.468. The molecule has 0 aromatic heterocycles. The van der Waals surface area contributed by atoms with Gasteiger partial charge < -0.3 is 10.1 Å². The second-order valence-corrected chi connectivity index (χ2v) is 0.821. The number of nitrogens with zero attached hydrogens (tertiary/aromatic N) is 1. The maximum atomic E-state index is 4.54. The third-order valence-electron chi connectivity index (χ3n) is 0.485. The zero-order chi connectivity index (χ0) is 4.99. The first kappa shape index (κ1) is 10.1. The van der Waals surface area contributed by atoms with Gasteiger partial charge in [0.25, 0.3) is 0 Å². The van der Waals surface area contributed by atoms with E-state index in [9.17, 15) is 0 Å². The Morgan fingerprint density at radius 1 is 1.71 bits per heavy atom. The molecule has 0 bridgehead atoms. The van der Waals surface area contributed by atoms with E-state index in [-0.39, 0.29) is 19.5 Å². The van der Waals surface area contributed by atoms with Crippen molar-refractivity contribution in [1.82, 2.24) is 0 Å². The Labute approximate surface area is 56.7 Å². The fourth-order valence-electron chi connectivity index (χ4n) is 0.0913. The SMILES string of the molecule is C=C([N-]C)OC.[Ru+]. The molecule has 0 aromatic carbocycles. The van der Waals surface area contributed by atoms with Crippen LogP contribution in [0.3, 0.4) is 0 Å². The van der Waals surface area contributed by atoms with Crippen molar-refractivity contribution in [2.24, 2.45) is 0 Å². The van der Waals surface area contributed by atoms with Crippen LogP contribution in [-0.2, 0) is 24.2 Å². The van der Waals surface area contributed by atoms with Crippen LogP contribution in [0.4, 0.5) is 0 Å². The number of hydrogen-bond acceptors (Lipinski definition) is 1. The van der Waals surface area contributed by atoms with Crippen molar-refractivity contribution in [2.75, 3.05) is 14.2 Å². The number of rotatable bonds is 2. The van der Waals surface area contributed by atoms with Gasteiger partial charge >= 0.3 is 19.5 Å². The van der Waals surface area contributed by atoms with E-state index < -0.39 is 0 Å².